The van der Waals surface area contributed by atoms with Gasteiger partial charge in [0.2, 0.25) is 0 Å². The molecular weight excluding hydrogens is 351 g/mol. The Morgan fingerprint density at radius 2 is 2.32 bits per heavy atom. The number of halogens is 1. The summed E-state index contributed by atoms with van der Waals surface area (Å²) in [4.78, 5) is 14.7. The van der Waals surface area contributed by atoms with E-state index in [0.29, 0.717) is 6.04 Å². The second-order valence-electron chi connectivity index (χ2n) is 5.05. The Morgan fingerprint density at radius 3 is 3.05 bits per heavy atom. The Bertz CT molecular complexity index is 436. The lowest BCUT2D eigenvalue weighted by Crippen LogP contribution is -2.44. The maximum Gasteiger partial charge on any atom is 0.254 e. The van der Waals surface area contributed by atoms with E-state index in [1.807, 2.05) is 31.3 Å². The minimum absolute atomic E-state index is 0.194. The van der Waals surface area contributed by atoms with Crippen LogP contribution >= 0.6 is 22.6 Å². The van der Waals surface area contributed by atoms with E-state index in [9.17, 15) is 4.79 Å². The number of amides is 1. The predicted octanol–water partition coefficient (Wildman–Crippen LogP) is 2.90. The topological polar surface area (TPSA) is 32.3 Å². The third kappa shape index (κ3) is 3.92. The third-order valence-electron chi connectivity index (χ3n) is 3.69. The molecule has 3 nitrogen and oxygen atoms in total. The smallest absolute Gasteiger partial charge is 0.254 e. The first kappa shape index (κ1) is 14.8. The molecule has 0 bridgehead atoms. The minimum Gasteiger partial charge on any atom is -0.336 e. The summed E-state index contributed by atoms with van der Waals surface area (Å²) in [5, 5.41) is 3.18. The molecule has 0 spiro atoms. The van der Waals surface area contributed by atoms with Gasteiger partial charge in [-0.2, -0.15) is 0 Å². The highest BCUT2D eigenvalue weighted by Gasteiger charge is 2.26. The van der Waals surface area contributed by atoms with E-state index in [-0.39, 0.29) is 5.91 Å². The molecule has 0 radical (unpaired) electrons. The van der Waals surface area contributed by atoms with Crippen molar-refractivity contribution < 1.29 is 4.79 Å². The standard InChI is InChI=1S/C15H21IN2O/c1-17-9-8-14-7-2-3-10-18(14)15(19)12-5-4-6-13(16)11-12/h4-6,11,14,17H,2-3,7-10H2,1H3. The highest BCUT2D eigenvalue weighted by Crippen LogP contribution is 2.22. The Morgan fingerprint density at radius 1 is 1.47 bits per heavy atom. The number of benzene rings is 1. The molecule has 0 aromatic heterocycles. The normalized spacial score (nSPS) is 19.5. The van der Waals surface area contributed by atoms with Gasteiger partial charge in [0.1, 0.15) is 0 Å². The van der Waals surface area contributed by atoms with Crippen molar-refractivity contribution in [2.45, 2.75) is 31.7 Å². The molecule has 0 saturated carbocycles. The van der Waals surface area contributed by atoms with E-state index in [4.69, 9.17) is 0 Å². The summed E-state index contributed by atoms with van der Waals surface area (Å²) in [7, 11) is 1.97. The molecule has 1 aromatic rings. The van der Waals surface area contributed by atoms with Gasteiger partial charge in [0.25, 0.3) is 5.91 Å². The maximum absolute atomic E-state index is 12.6. The highest BCUT2D eigenvalue weighted by molar-refractivity contribution is 14.1. The van der Waals surface area contributed by atoms with Gasteiger partial charge in [0.15, 0.2) is 0 Å². The second-order valence-corrected chi connectivity index (χ2v) is 6.30. The Kier molecular flexibility index (Phi) is 5.63. The van der Waals surface area contributed by atoms with Crippen LogP contribution in [0.5, 0.6) is 0 Å². The van der Waals surface area contributed by atoms with Crippen LogP contribution < -0.4 is 5.32 Å². The Hall–Kier alpha value is -0.620. The highest BCUT2D eigenvalue weighted by atomic mass is 127. The first-order chi connectivity index (χ1) is 9.22. The number of carbonyl (C=O) groups is 1. The van der Waals surface area contributed by atoms with Gasteiger partial charge < -0.3 is 10.2 Å². The van der Waals surface area contributed by atoms with Gasteiger partial charge in [-0.15, -0.1) is 0 Å². The number of piperidine rings is 1. The molecule has 104 valence electrons. The maximum atomic E-state index is 12.6. The SMILES string of the molecule is CNCCC1CCCCN1C(=O)c1cccc(I)c1. The predicted molar refractivity (Wildman–Crippen MR) is 86.4 cm³/mol. The zero-order valence-corrected chi connectivity index (χ0v) is 13.5. The van der Waals surface area contributed by atoms with Crippen molar-refractivity contribution in [1.82, 2.24) is 10.2 Å². The van der Waals surface area contributed by atoms with E-state index >= 15 is 0 Å². The average molecular weight is 372 g/mol. The van der Waals surface area contributed by atoms with Gasteiger partial charge in [-0.3, -0.25) is 4.79 Å². The van der Waals surface area contributed by atoms with E-state index < -0.39 is 0 Å². The number of carbonyl (C=O) groups excluding carboxylic acids is 1. The monoisotopic (exact) mass is 372 g/mol. The minimum atomic E-state index is 0.194. The number of hydrogen-bond acceptors (Lipinski definition) is 2. The van der Waals surface area contributed by atoms with Crippen LogP contribution in [0.4, 0.5) is 0 Å². The molecular formula is C15H21IN2O. The molecule has 19 heavy (non-hydrogen) atoms. The van der Waals surface area contributed by atoms with E-state index in [1.165, 1.54) is 6.42 Å². The van der Waals surface area contributed by atoms with Crippen LogP contribution in [0.25, 0.3) is 0 Å². The summed E-state index contributed by atoms with van der Waals surface area (Å²) < 4.78 is 1.12. The van der Waals surface area contributed by atoms with Crippen LogP contribution in [0.2, 0.25) is 0 Å². The van der Waals surface area contributed by atoms with Crippen molar-refractivity contribution in [2.24, 2.45) is 0 Å². The quantitative estimate of drug-likeness (QED) is 0.825. The van der Waals surface area contributed by atoms with Crippen molar-refractivity contribution in [2.75, 3.05) is 20.1 Å². The van der Waals surface area contributed by atoms with Crippen LogP contribution in [-0.2, 0) is 0 Å². The van der Waals surface area contributed by atoms with Crippen molar-refractivity contribution >= 4 is 28.5 Å². The molecule has 1 aliphatic heterocycles. The summed E-state index contributed by atoms with van der Waals surface area (Å²) in [6.07, 6.45) is 4.56. The molecule has 1 aromatic carbocycles. The Balaban J connectivity index is 2.10. The summed E-state index contributed by atoms with van der Waals surface area (Å²) in [6.45, 7) is 1.87. The average Bonchev–Trinajstić information content (AvgIpc) is 2.44. The molecule has 1 N–H and O–H groups in total. The number of hydrogen-bond donors (Lipinski definition) is 1. The van der Waals surface area contributed by atoms with Crippen molar-refractivity contribution in [3.8, 4) is 0 Å². The van der Waals surface area contributed by atoms with Crippen LogP contribution in [-0.4, -0.2) is 37.0 Å². The van der Waals surface area contributed by atoms with Crippen molar-refractivity contribution in [3.05, 3.63) is 33.4 Å². The second kappa shape index (κ2) is 7.24. The first-order valence-corrected chi connectivity index (χ1v) is 8.01. The lowest BCUT2D eigenvalue weighted by Gasteiger charge is -2.36. The van der Waals surface area contributed by atoms with Crippen LogP contribution in [0, 0.1) is 3.57 Å². The summed E-state index contributed by atoms with van der Waals surface area (Å²) in [5.74, 6) is 0.194. The van der Waals surface area contributed by atoms with E-state index in [1.54, 1.807) is 0 Å². The first-order valence-electron chi connectivity index (χ1n) is 6.93. The van der Waals surface area contributed by atoms with Crippen molar-refractivity contribution in [1.29, 1.82) is 0 Å². The van der Waals surface area contributed by atoms with E-state index in [0.717, 1.165) is 41.5 Å². The Labute approximate surface area is 128 Å². The van der Waals surface area contributed by atoms with Gasteiger partial charge in [0.05, 0.1) is 0 Å². The number of nitrogens with one attached hydrogen (secondary N) is 1. The molecule has 0 aliphatic carbocycles. The van der Waals surface area contributed by atoms with Crippen LogP contribution in [0.1, 0.15) is 36.0 Å². The molecule has 1 fully saturated rings. The zero-order chi connectivity index (χ0) is 13.7. The molecule has 1 amide bonds. The van der Waals surface area contributed by atoms with Gasteiger partial charge in [0, 0.05) is 21.7 Å². The molecule has 1 saturated heterocycles. The zero-order valence-electron chi connectivity index (χ0n) is 11.4. The fraction of sp³-hybridized carbons (Fsp3) is 0.533. The van der Waals surface area contributed by atoms with Crippen LogP contribution in [0.3, 0.4) is 0 Å². The third-order valence-corrected chi connectivity index (χ3v) is 4.36. The van der Waals surface area contributed by atoms with Crippen LogP contribution in [0.15, 0.2) is 24.3 Å². The van der Waals surface area contributed by atoms with Gasteiger partial charge in [-0.25, -0.2) is 0 Å². The molecule has 1 atom stereocenters. The number of nitrogens with zero attached hydrogens (tertiary/aromatic N) is 1. The van der Waals surface area contributed by atoms with Crippen molar-refractivity contribution in [3.63, 3.8) is 0 Å². The van der Waals surface area contributed by atoms with E-state index in [2.05, 4.69) is 32.8 Å². The molecule has 2 rings (SSSR count). The van der Waals surface area contributed by atoms with Gasteiger partial charge in [-0.05, 0) is 80.1 Å². The summed E-state index contributed by atoms with van der Waals surface area (Å²) in [6, 6.07) is 8.28. The lowest BCUT2D eigenvalue weighted by atomic mass is 9.98. The molecule has 1 aliphatic rings. The van der Waals surface area contributed by atoms with Gasteiger partial charge >= 0.3 is 0 Å². The molecule has 4 heteroatoms. The molecule has 1 heterocycles. The fourth-order valence-electron chi connectivity index (χ4n) is 2.67. The largest absolute Gasteiger partial charge is 0.336 e. The number of likely N-dealkylation sites (tertiary alicyclic amines) is 1. The summed E-state index contributed by atoms with van der Waals surface area (Å²) >= 11 is 2.26. The number of rotatable bonds is 4. The fourth-order valence-corrected chi connectivity index (χ4v) is 3.21. The molecule has 1 unspecified atom stereocenters. The van der Waals surface area contributed by atoms with Gasteiger partial charge in [-0.1, -0.05) is 6.07 Å². The summed E-state index contributed by atoms with van der Waals surface area (Å²) in [5.41, 5.74) is 0.822. The lowest BCUT2D eigenvalue weighted by molar-refractivity contribution is 0.0602.